The molecule has 0 aromatic heterocycles. The molecule has 0 heterocycles. The van der Waals surface area contributed by atoms with Gasteiger partial charge in [0.15, 0.2) is 0 Å². The summed E-state index contributed by atoms with van der Waals surface area (Å²) in [5, 5.41) is 2.68. The molecule has 0 aliphatic heterocycles. The fourth-order valence-electron chi connectivity index (χ4n) is 5.52. The Morgan fingerprint density at radius 2 is 1.55 bits per heavy atom. The van der Waals surface area contributed by atoms with Gasteiger partial charge in [0.25, 0.3) is 0 Å². The molecular formula is C18H26NO+. The standard InChI is InChI=1S/C18H25NO/c1-20-17-4-2-13(3-5-17)12-19-18-9-14-6-15(10-18)8-16(7-14)11-18/h2-5,14-16,19H,6-12H2,1H3/p+1. The Balaban J connectivity index is 1.43. The lowest BCUT2D eigenvalue weighted by molar-refractivity contribution is -0.752. The van der Waals surface area contributed by atoms with Gasteiger partial charge in [-0.15, -0.1) is 0 Å². The topological polar surface area (TPSA) is 25.8 Å². The zero-order chi connectivity index (χ0) is 13.6. The summed E-state index contributed by atoms with van der Waals surface area (Å²) < 4.78 is 5.24. The maximum Gasteiger partial charge on any atom is 0.118 e. The number of hydrogen-bond acceptors (Lipinski definition) is 1. The van der Waals surface area contributed by atoms with E-state index in [4.69, 9.17) is 4.74 Å². The van der Waals surface area contributed by atoms with Crippen molar-refractivity contribution in [2.75, 3.05) is 7.11 Å². The fourth-order valence-corrected chi connectivity index (χ4v) is 5.52. The molecule has 2 nitrogen and oxygen atoms in total. The molecule has 2 heteroatoms. The number of rotatable bonds is 4. The van der Waals surface area contributed by atoms with Crippen LogP contribution in [0.5, 0.6) is 5.75 Å². The van der Waals surface area contributed by atoms with Gasteiger partial charge in [-0.3, -0.25) is 0 Å². The summed E-state index contributed by atoms with van der Waals surface area (Å²) in [6.45, 7) is 1.14. The number of quaternary nitrogens is 1. The van der Waals surface area contributed by atoms with Crippen LogP contribution in [0.25, 0.3) is 0 Å². The van der Waals surface area contributed by atoms with Crippen LogP contribution >= 0.6 is 0 Å². The molecule has 0 atom stereocenters. The third kappa shape index (κ3) is 2.24. The normalized spacial score (nSPS) is 38.1. The smallest absolute Gasteiger partial charge is 0.118 e. The van der Waals surface area contributed by atoms with Gasteiger partial charge in [-0.05, 0) is 61.3 Å². The minimum absolute atomic E-state index is 0.592. The van der Waals surface area contributed by atoms with Crippen molar-refractivity contribution >= 4 is 0 Å². The lowest BCUT2D eigenvalue weighted by atomic mass is 9.53. The summed E-state index contributed by atoms with van der Waals surface area (Å²) >= 11 is 0. The zero-order valence-corrected chi connectivity index (χ0v) is 12.5. The van der Waals surface area contributed by atoms with Gasteiger partial charge in [0, 0.05) is 24.8 Å². The summed E-state index contributed by atoms with van der Waals surface area (Å²) in [5.74, 6) is 4.11. The molecule has 1 aromatic carbocycles. The van der Waals surface area contributed by atoms with Crippen molar-refractivity contribution in [2.24, 2.45) is 17.8 Å². The largest absolute Gasteiger partial charge is 0.497 e. The number of ether oxygens (including phenoxy) is 1. The van der Waals surface area contributed by atoms with Crippen LogP contribution in [0.3, 0.4) is 0 Å². The van der Waals surface area contributed by atoms with Crippen LogP contribution in [0.2, 0.25) is 0 Å². The quantitative estimate of drug-likeness (QED) is 0.896. The predicted octanol–water partition coefficient (Wildman–Crippen LogP) is 2.73. The molecule has 5 rings (SSSR count). The van der Waals surface area contributed by atoms with Crippen LogP contribution in [-0.4, -0.2) is 12.6 Å². The highest BCUT2D eigenvalue weighted by Crippen LogP contribution is 2.54. The molecule has 2 N–H and O–H groups in total. The molecule has 0 spiro atoms. The number of benzene rings is 1. The van der Waals surface area contributed by atoms with Crippen molar-refractivity contribution in [1.29, 1.82) is 0 Å². The van der Waals surface area contributed by atoms with Crippen molar-refractivity contribution < 1.29 is 10.1 Å². The van der Waals surface area contributed by atoms with Gasteiger partial charge in [0.2, 0.25) is 0 Å². The highest BCUT2D eigenvalue weighted by Gasteiger charge is 2.53. The summed E-state index contributed by atoms with van der Waals surface area (Å²) in [6.07, 6.45) is 9.06. The average molecular weight is 272 g/mol. The number of methoxy groups -OCH3 is 1. The highest BCUT2D eigenvalue weighted by molar-refractivity contribution is 5.26. The molecule has 0 radical (unpaired) electrons. The SMILES string of the molecule is COc1ccc(C[NH2+]C23CC4CC(CC(C4)C2)C3)cc1. The molecule has 4 aliphatic rings. The van der Waals surface area contributed by atoms with Crippen LogP contribution in [0, 0.1) is 17.8 Å². The Morgan fingerprint density at radius 1 is 1.00 bits per heavy atom. The van der Waals surface area contributed by atoms with E-state index in [9.17, 15) is 0 Å². The van der Waals surface area contributed by atoms with Gasteiger partial charge in [-0.25, -0.2) is 0 Å². The van der Waals surface area contributed by atoms with Crippen molar-refractivity contribution in [3.05, 3.63) is 29.8 Å². The van der Waals surface area contributed by atoms with Gasteiger partial charge in [0.1, 0.15) is 12.3 Å². The average Bonchev–Trinajstić information content (AvgIpc) is 2.44. The zero-order valence-electron chi connectivity index (χ0n) is 12.5. The first-order valence-corrected chi connectivity index (χ1v) is 8.22. The Hall–Kier alpha value is -1.02. The maximum absolute atomic E-state index is 5.24. The molecule has 4 bridgehead atoms. The Bertz CT molecular complexity index is 443. The van der Waals surface area contributed by atoms with Crippen LogP contribution < -0.4 is 10.1 Å². The van der Waals surface area contributed by atoms with E-state index in [0.29, 0.717) is 5.54 Å². The summed E-state index contributed by atoms with van der Waals surface area (Å²) in [4.78, 5) is 0. The molecule has 0 unspecified atom stereocenters. The minimum Gasteiger partial charge on any atom is -0.497 e. The maximum atomic E-state index is 5.24. The molecule has 108 valence electrons. The second kappa shape index (κ2) is 4.77. The first-order valence-electron chi connectivity index (χ1n) is 8.22. The summed E-state index contributed by atoms with van der Waals surface area (Å²) in [7, 11) is 1.73. The van der Waals surface area contributed by atoms with Gasteiger partial charge in [-0.2, -0.15) is 0 Å². The van der Waals surface area contributed by atoms with E-state index >= 15 is 0 Å². The Morgan fingerprint density at radius 3 is 2.05 bits per heavy atom. The van der Waals surface area contributed by atoms with Crippen LogP contribution in [0.15, 0.2) is 24.3 Å². The van der Waals surface area contributed by atoms with Gasteiger partial charge < -0.3 is 10.1 Å². The van der Waals surface area contributed by atoms with Crippen molar-refractivity contribution in [3.63, 3.8) is 0 Å². The summed E-state index contributed by atoms with van der Waals surface area (Å²) in [6, 6.07) is 8.61. The molecule has 0 amide bonds. The Labute approximate surface area is 121 Å². The van der Waals surface area contributed by atoms with E-state index in [1.165, 1.54) is 44.1 Å². The van der Waals surface area contributed by atoms with Crippen LogP contribution in [0.1, 0.15) is 44.1 Å². The molecule has 20 heavy (non-hydrogen) atoms. The first kappa shape index (κ1) is 12.7. The molecule has 4 aliphatic carbocycles. The number of nitrogens with two attached hydrogens (primary N) is 1. The second-order valence-corrected chi connectivity index (χ2v) is 7.54. The second-order valence-electron chi connectivity index (χ2n) is 7.54. The molecule has 4 fully saturated rings. The monoisotopic (exact) mass is 272 g/mol. The molecular weight excluding hydrogens is 246 g/mol. The highest BCUT2D eigenvalue weighted by atomic mass is 16.5. The first-order chi connectivity index (χ1) is 9.75. The van der Waals surface area contributed by atoms with Crippen molar-refractivity contribution in [3.8, 4) is 5.75 Å². The Kier molecular flexibility index (Phi) is 3.03. The molecule has 0 saturated heterocycles. The van der Waals surface area contributed by atoms with E-state index in [-0.39, 0.29) is 0 Å². The van der Waals surface area contributed by atoms with E-state index < -0.39 is 0 Å². The fraction of sp³-hybridized carbons (Fsp3) is 0.667. The van der Waals surface area contributed by atoms with Crippen LogP contribution in [0.4, 0.5) is 0 Å². The van der Waals surface area contributed by atoms with Gasteiger partial charge in [0.05, 0.1) is 12.6 Å². The van der Waals surface area contributed by atoms with E-state index in [1.807, 2.05) is 0 Å². The van der Waals surface area contributed by atoms with Crippen molar-refractivity contribution in [1.82, 2.24) is 0 Å². The predicted molar refractivity (Wildman–Crippen MR) is 79.5 cm³/mol. The third-order valence-electron chi connectivity index (χ3n) is 6.02. The minimum atomic E-state index is 0.592. The number of hydrogen-bond donors (Lipinski definition) is 1. The summed E-state index contributed by atoms with van der Waals surface area (Å²) in [5.41, 5.74) is 2.02. The lowest BCUT2D eigenvalue weighted by Gasteiger charge is -2.54. The van der Waals surface area contributed by atoms with E-state index in [1.54, 1.807) is 7.11 Å². The lowest BCUT2D eigenvalue weighted by Crippen LogP contribution is -2.97. The molecule has 4 saturated carbocycles. The van der Waals surface area contributed by atoms with Crippen molar-refractivity contribution in [2.45, 2.75) is 50.6 Å². The van der Waals surface area contributed by atoms with E-state index in [2.05, 4.69) is 29.6 Å². The van der Waals surface area contributed by atoms with Gasteiger partial charge >= 0.3 is 0 Å². The third-order valence-corrected chi connectivity index (χ3v) is 6.02. The van der Waals surface area contributed by atoms with Crippen LogP contribution in [-0.2, 0) is 6.54 Å². The van der Waals surface area contributed by atoms with Gasteiger partial charge in [-0.1, -0.05) is 0 Å². The van der Waals surface area contributed by atoms with E-state index in [0.717, 1.165) is 30.0 Å². The molecule has 1 aromatic rings.